The van der Waals surface area contributed by atoms with Crippen LogP contribution in [-0.4, -0.2) is 70.5 Å². The summed E-state index contributed by atoms with van der Waals surface area (Å²) >= 11 is 0. The van der Waals surface area contributed by atoms with Crippen LogP contribution in [0.5, 0.6) is 0 Å². The van der Waals surface area contributed by atoms with E-state index >= 15 is 0 Å². The van der Waals surface area contributed by atoms with Crippen molar-refractivity contribution in [3.8, 4) is 0 Å². The van der Waals surface area contributed by atoms with Gasteiger partial charge in [-0.3, -0.25) is 4.79 Å². The SMILES string of the molecule is CC(C)OC(=O)[C@@H](O[Si](C)(C)C(C)(C)C)[C@H](O[Si](C)(C)C(C)(C)C)[C@@H]1C[C@H](CC(=O)OC(C)(C)C)OC(C)(C)O1. The molecule has 8 nitrogen and oxygen atoms in total. The van der Waals surface area contributed by atoms with Gasteiger partial charge in [-0.15, -0.1) is 0 Å². The first kappa shape index (κ1) is 37.2. The second-order valence-electron chi connectivity index (χ2n) is 15.9. The van der Waals surface area contributed by atoms with Gasteiger partial charge in [-0.25, -0.2) is 4.79 Å². The fraction of sp³-hybridized carbons (Fsp3) is 0.933. The van der Waals surface area contributed by atoms with E-state index in [0.717, 1.165) is 0 Å². The molecule has 0 aliphatic carbocycles. The second kappa shape index (κ2) is 12.8. The van der Waals surface area contributed by atoms with Crippen molar-refractivity contribution in [1.29, 1.82) is 0 Å². The first-order valence-electron chi connectivity index (χ1n) is 14.7. The number of esters is 2. The van der Waals surface area contributed by atoms with Crippen LogP contribution < -0.4 is 0 Å². The molecule has 0 amide bonds. The molecule has 1 aliphatic rings. The van der Waals surface area contributed by atoms with Gasteiger partial charge < -0.3 is 27.8 Å². The lowest BCUT2D eigenvalue weighted by molar-refractivity contribution is -0.315. The summed E-state index contributed by atoms with van der Waals surface area (Å²) < 4.78 is 37.9. The van der Waals surface area contributed by atoms with Gasteiger partial charge >= 0.3 is 11.9 Å². The number of rotatable bonds is 10. The molecule has 1 fully saturated rings. The van der Waals surface area contributed by atoms with Gasteiger partial charge in [-0.2, -0.15) is 0 Å². The highest BCUT2D eigenvalue weighted by Gasteiger charge is 2.52. The maximum atomic E-state index is 13.8. The molecule has 0 saturated carbocycles. The molecule has 1 heterocycles. The summed E-state index contributed by atoms with van der Waals surface area (Å²) in [6.07, 6.45) is -2.74. The highest BCUT2D eigenvalue weighted by Crippen LogP contribution is 2.43. The summed E-state index contributed by atoms with van der Waals surface area (Å²) in [5, 5.41) is -0.286. The van der Waals surface area contributed by atoms with E-state index in [1.807, 2.05) is 48.5 Å². The number of carbonyl (C=O) groups excluding carboxylic acids is 2. The predicted octanol–water partition coefficient (Wildman–Crippen LogP) is 7.36. The van der Waals surface area contributed by atoms with Crippen molar-refractivity contribution in [2.45, 2.75) is 181 Å². The van der Waals surface area contributed by atoms with Gasteiger partial charge in [0.2, 0.25) is 0 Å². The molecule has 40 heavy (non-hydrogen) atoms. The van der Waals surface area contributed by atoms with E-state index in [4.69, 9.17) is 27.8 Å². The Hall–Kier alpha value is -0.786. The van der Waals surface area contributed by atoms with Gasteiger partial charge in [0.25, 0.3) is 0 Å². The van der Waals surface area contributed by atoms with Crippen LogP contribution in [0.25, 0.3) is 0 Å². The number of hydrogen-bond donors (Lipinski definition) is 0. The molecule has 0 bridgehead atoms. The highest BCUT2D eigenvalue weighted by molar-refractivity contribution is 6.74. The van der Waals surface area contributed by atoms with E-state index in [2.05, 4.69) is 67.7 Å². The molecular weight excluding hydrogens is 544 g/mol. The van der Waals surface area contributed by atoms with Crippen molar-refractivity contribution in [1.82, 2.24) is 0 Å². The Bertz CT molecular complexity index is 862. The van der Waals surface area contributed by atoms with Crippen LogP contribution in [0.4, 0.5) is 0 Å². The molecule has 1 aliphatic heterocycles. The Labute approximate surface area is 246 Å². The first-order valence-corrected chi connectivity index (χ1v) is 20.5. The monoisotopic (exact) mass is 604 g/mol. The molecule has 0 aromatic heterocycles. The molecule has 236 valence electrons. The average Bonchev–Trinajstić information content (AvgIpc) is 2.65. The van der Waals surface area contributed by atoms with E-state index in [-0.39, 0.29) is 28.6 Å². The molecule has 4 atom stereocenters. The fourth-order valence-corrected chi connectivity index (χ4v) is 6.46. The van der Waals surface area contributed by atoms with Crippen molar-refractivity contribution in [3.63, 3.8) is 0 Å². The van der Waals surface area contributed by atoms with Gasteiger partial charge in [0.1, 0.15) is 11.7 Å². The van der Waals surface area contributed by atoms with E-state index < -0.39 is 58.4 Å². The summed E-state index contributed by atoms with van der Waals surface area (Å²) in [5.74, 6) is -1.82. The summed E-state index contributed by atoms with van der Waals surface area (Å²) in [4.78, 5) is 26.6. The third-order valence-corrected chi connectivity index (χ3v) is 16.8. The molecule has 0 N–H and O–H groups in total. The minimum atomic E-state index is -2.46. The normalized spacial score (nSPS) is 22.6. The van der Waals surface area contributed by atoms with Crippen LogP contribution in [-0.2, 0) is 37.4 Å². The third-order valence-electron chi connectivity index (χ3n) is 7.91. The highest BCUT2D eigenvalue weighted by atomic mass is 28.4. The lowest BCUT2D eigenvalue weighted by Gasteiger charge is -2.49. The van der Waals surface area contributed by atoms with Gasteiger partial charge in [0.05, 0.1) is 24.7 Å². The zero-order valence-electron chi connectivity index (χ0n) is 28.6. The molecular formula is C30H60O8Si2. The quantitative estimate of drug-likeness (QED) is 0.189. The Morgan fingerprint density at radius 1 is 0.850 bits per heavy atom. The minimum absolute atomic E-state index is 0.0670. The molecule has 0 aromatic carbocycles. The largest absolute Gasteiger partial charge is 0.461 e. The minimum Gasteiger partial charge on any atom is -0.461 e. The Morgan fingerprint density at radius 3 is 1.75 bits per heavy atom. The topological polar surface area (TPSA) is 89.5 Å². The van der Waals surface area contributed by atoms with Crippen LogP contribution >= 0.6 is 0 Å². The Kier molecular flexibility index (Phi) is 11.9. The standard InChI is InChI=1S/C30H60O8Si2/c1-20(2)33-26(32)25(38-40(16,17)29(9,10)11)24(37-39(14,15)28(6,7)8)22-18-21(34-30(12,13)35-22)19-23(31)36-27(3,4)5/h20-22,24-25H,18-19H2,1-17H3/t21-,22+,24-,25+/m1/s1. The fourth-order valence-electron chi connectivity index (χ4n) is 3.94. The third kappa shape index (κ3) is 11.1. The van der Waals surface area contributed by atoms with Crippen LogP contribution in [0.3, 0.4) is 0 Å². The maximum Gasteiger partial charge on any atom is 0.337 e. The van der Waals surface area contributed by atoms with Gasteiger partial charge in [0.15, 0.2) is 28.5 Å². The Balaban J connectivity index is 3.64. The molecule has 0 aromatic rings. The smallest absolute Gasteiger partial charge is 0.337 e. The average molecular weight is 605 g/mol. The predicted molar refractivity (Wildman–Crippen MR) is 164 cm³/mol. The van der Waals surface area contributed by atoms with Crippen LogP contribution in [0.1, 0.15) is 103 Å². The van der Waals surface area contributed by atoms with Crippen molar-refractivity contribution < 1.29 is 37.4 Å². The van der Waals surface area contributed by atoms with Crippen molar-refractivity contribution in [3.05, 3.63) is 0 Å². The van der Waals surface area contributed by atoms with E-state index in [1.165, 1.54) is 0 Å². The number of ether oxygens (including phenoxy) is 4. The number of carbonyl (C=O) groups is 2. The summed E-state index contributed by atoms with van der Waals surface area (Å²) in [6, 6.07) is 0. The maximum absolute atomic E-state index is 13.8. The summed E-state index contributed by atoms with van der Waals surface area (Å²) in [5.41, 5.74) is -0.603. The van der Waals surface area contributed by atoms with Gasteiger partial charge in [-0.1, -0.05) is 41.5 Å². The van der Waals surface area contributed by atoms with Gasteiger partial charge in [-0.05, 0) is 84.7 Å². The molecule has 1 rings (SSSR count). The van der Waals surface area contributed by atoms with Crippen LogP contribution in [0.2, 0.25) is 36.3 Å². The summed E-state index contributed by atoms with van der Waals surface area (Å²) in [6.45, 7) is 34.3. The van der Waals surface area contributed by atoms with E-state index in [1.54, 1.807) is 0 Å². The molecule has 10 heteroatoms. The zero-order chi connectivity index (χ0) is 31.7. The first-order chi connectivity index (χ1) is 17.6. The van der Waals surface area contributed by atoms with Crippen molar-refractivity contribution >= 4 is 28.6 Å². The van der Waals surface area contributed by atoms with E-state index in [0.29, 0.717) is 6.42 Å². The molecule has 0 unspecified atom stereocenters. The molecule has 0 radical (unpaired) electrons. The zero-order valence-corrected chi connectivity index (χ0v) is 30.6. The van der Waals surface area contributed by atoms with Gasteiger partial charge in [0, 0.05) is 6.42 Å². The van der Waals surface area contributed by atoms with Crippen LogP contribution in [0.15, 0.2) is 0 Å². The lowest BCUT2D eigenvalue weighted by Crippen LogP contribution is -2.61. The lowest BCUT2D eigenvalue weighted by atomic mass is 9.98. The Morgan fingerprint density at radius 2 is 1.32 bits per heavy atom. The van der Waals surface area contributed by atoms with Crippen molar-refractivity contribution in [2.24, 2.45) is 0 Å². The summed E-state index contributed by atoms with van der Waals surface area (Å²) in [7, 11) is -4.90. The molecule has 1 saturated heterocycles. The number of hydrogen-bond acceptors (Lipinski definition) is 8. The molecule has 0 spiro atoms. The second-order valence-corrected chi connectivity index (χ2v) is 25.5. The van der Waals surface area contributed by atoms with Crippen LogP contribution in [0, 0.1) is 0 Å². The van der Waals surface area contributed by atoms with E-state index in [9.17, 15) is 9.59 Å². The van der Waals surface area contributed by atoms with Crippen molar-refractivity contribution in [2.75, 3.05) is 0 Å².